The van der Waals surface area contributed by atoms with Gasteiger partial charge < -0.3 is 14.2 Å². The topological polar surface area (TPSA) is 48.0 Å². The van der Waals surface area contributed by atoms with E-state index in [1.54, 1.807) is 0 Å². The van der Waals surface area contributed by atoms with Crippen molar-refractivity contribution >= 4 is 5.97 Å². The lowest BCUT2D eigenvalue weighted by molar-refractivity contribution is -0.146. The van der Waals surface area contributed by atoms with E-state index in [4.69, 9.17) is 14.2 Å². The Labute approximate surface area is 126 Å². The van der Waals surface area contributed by atoms with Gasteiger partial charge in [-0.25, -0.2) is 0 Å². The third-order valence-corrected chi connectivity index (χ3v) is 3.70. The van der Waals surface area contributed by atoms with Crippen LogP contribution < -0.4 is 0 Å². The van der Waals surface area contributed by atoms with Gasteiger partial charge in [0.25, 0.3) is 0 Å². The van der Waals surface area contributed by atoms with Crippen molar-refractivity contribution in [3.63, 3.8) is 0 Å². The van der Waals surface area contributed by atoms with Gasteiger partial charge in [-0.3, -0.25) is 9.69 Å². The molecule has 2 fully saturated rings. The SMILES string of the molecule is CCCOC[C@H]1C[C@@H](CC#CCN2CCOCC2)C(=O)O1. The number of cyclic esters (lactones) is 1. The number of ether oxygens (including phenoxy) is 3. The van der Waals surface area contributed by atoms with Crippen molar-refractivity contribution in [3.8, 4) is 11.8 Å². The average molecular weight is 295 g/mol. The first-order valence-corrected chi connectivity index (χ1v) is 7.83. The van der Waals surface area contributed by atoms with Crippen molar-refractivity contribution in [1.82, 2.24) is 4.90 Å². The summed E-state index contributed by atoms with van der Waals surface area (Å²) in [6.07, 6.45) is 2.22. The molecule has 0 aromatic heterocycles. The third kappa shape index (κ3) is 5.66. The van der Waals surface area contributed by atoms with Crippen LogP contribution in [-0.2, 0) is 19.0 Å². The number of carbonyl (C=O) groups excluding carboxylic acids is 1. The van der Waals surface area contributed by atoms with E-state index in [1.807, 2.05) is 0 Å². The predicted molar refractivity (Wildman–Crippen MR) is 78.7 cm³/mol. The van der Waals surface area contributed by atoms with Crippen molar-refractivity contribution in [2.24, 2.45) is 5.92 Å². The number of carbonyl (C=O) groups is 1. The minimum Gasteiger partial charge on any atom is -0.460 e. The minimum atomic E-state index is -0.124. The fraction of sp³-hybridized carbons (Fsp3) is 0.812. The lowest BCUT2D eigenvalue weighted by Crippen LogP contribution is -2.36. The molecule has 0 amide bonds. The van der Waals surface area contributed by atoms with Gasteiger partial charge in [0.15, 0.2) is 0 Å². The maximum atomic E-state index is 11.7. The molecule has 2 heterocycles. The number of hydrogen-bond acceptors (Lipinski definition) is 5. The zero-order chi connectivity index (χ0) is 14.9. The van der Waals surface area contributed by atoms with Crippen molar-refractivity contribution in [2.45, 2.75) is 32.3 Å². The Morgan fingerprint density at radius 3 is 2.90 bits per heavy atom. The number of nitrogens with zero attached hydrogens (tertiary/aromatic N) is 1. The molecule has 118 valence electrons. The third-order valence-electron chi connectivity index (χ3n) is 3.70. The number of esters is 1. The average Bonchev–Trinajstić information content (AvgIpc) is 2.85. The molecule has 0 spiro atoms. The van der Waals surface area contributed by atoms with Crippen LogP contribution in [0.1, 0.15) is 26.2 Å². The molecule has 5 nitrogen and oxygen atoms in total. The van der Waals surface area contributed by atoms with Gasteiger partial charge in [0.05, 0.1) is 32.3 Å². The lowest BCUT2D eigenvalue weighted by atomic mass is 10.0. The van der Waals surface area contributed by atoms with Crippen LogP contribution in [0.2, 0.25) is 0 Å². The van der Waals surface area contributed by atoms with Crippen molar-refractivity contribution in [2.75, 3.05) is 46.1 Å². The van der Waals surface area contributed by atoms with E-state index < -0.39 is 0 Å². The van der Waals surface area contributed by atoms with Gasteiger partial charge in [-0.15, -0.1) is 5.92 Å². The molecule has 0 radical (unpaired) electrons. The van der Waals surface area contributed by atoms with Gasteiger partial charge in [-0.1, -0.05) is 12.8 Å². The second kappa shape index (κ2) is 9.04. The molecule has 2 aliphatic rings. The van der Waals surface area contributed by atoms with E-state index in [-0.39, 0.29) is 18.0 Å². The Balaban J connectivity index is 1.65. The summed E-state index contributed by atoms with van der Waals surface area (Å²) >= 11 is 0. The molecule has 2 rings (SSSR count). The van der Waals surface area contributed by atoms with E-state index in [2.05, 4.69) is 23.7 Å². The molecule has 2 saturated heterocycles. The highest BCUT2D eigenvalue weighted by atomic mass is 16.6. The summed E-state index contributed by atoms with van der Waals surface area (Å²) in [6.45, 7) is 7.51. The number of morpholine rings is 1. The largest absolute Gasteiger partial charge is 0.460 e. The van der Waals surface area contributed by atoms with Gasteiger partial charge >= 0.3 is 5.97 Å². The van der Waals surface area contributed by atoms with Crippen LogP contribution in [0.4, 0.5) is 0 Å². The van der Waals surface area contributed by atoms with Crippen LogP contribution in [-0.4, -0.2) is 63.0 Å². The van der Waals surface area contributed by atoms with Crippen molar-refractivity contribution < 1.29 is 19.0 Å². The molecule has 21 heavy (non-hydrogen) atoms. The zero-order valence-electron chi connectivity index (χ0n) is 12.8. The van der Waals surface area contributed by atoms with Crippen LogP contribution in [0.3, 0.4) is 0 Å². The number of rotatable bonds is 6. The second-order valence-electron chi connectivity index (χ2n) is 5.51. The molecular weight excluding hydrogens is 270 g/mol. The van der Waals surface area contributed by atoms with E-state index in [1.165, 1.54) is 0 Å². The zero-order valence-corrected chi connectivity index (χ0v) is 12.8. The minimum absolute atomic E-state index is 0.0857. The first-order valence-electron chi connectivity index (χ1n) is 7.83. The summed E-state index contributed by atoms with van der Waals surface area (Å²) in [5, 5.41) is 0. The van der Waals surface area contributed by atoms with Crippen LogP contribution in [0.5, 0.6) is 0 Å². The van der Waals surface area contributed by atoms with Gasteiger partial charge in [0.2, 0.25) is 0 Å². The summed E-state index contributed by atoms with van der Waals surface area (Å²) in [7, 11) is 0. The number of hydrogen-bond donors (Lipinski definition) is 0. The molecule has 0 aromatic carbocycles. The first kappa shape index (κ1) is 16.3. The Bertz CT molecular complexity index is 381. The van der Waals surface area contributed by atoms with E-state index in [0.717, 1.165) is 52.3 Å². The van der Waals surface area contributed by atoms with Crippen LogP contribution >= 0.6 is 0 Å². The van der Waals surface area contributed by atoms with Gasteiger partial charge in [0.1, 0.15) is 6.10 Å². The molecule has 0 aromatic rings. The summed E-state index contributed by atoms with van der Waals surface area (Å²) in [5.74, 6) is 6.06. The molecular formula is C16H25NO4. The quantitative estimate of drug-likeness (QED) is 0.417. The standard InChI is InChI=1S/C16H25NO4/c1-2-9-20-13-15-12-14(16(18)21-15)5-3-4-6-17-7-10-19-11-8-17/h14-15H,2,5-13H2,1H3/t14-,15-/m1/s1. The highest BCUT2D eigenvalue weighted by Gasteiger charge is 2.33. The van der Waals surface area contributed by atoms with Crippen molar-refractivity contribution in [1.29, 1.82) is 0 Å². The maximum absolute atomic E-state index is 11.7. The Kier molecular flexibility index (Phi) is 7.01. The molecule has 0 aliphatic carbocycles. The van der Waals surface area contributed by atoms with Gasteiger partial charge in [-0.05, 0) is 6.42 Å². The maximum Gasteiger partial charge on any atom is 0.310 e. The molecule has 0 saturated carbocycles. The molecule has 2 aliphatic heterocycles. The van der Waals surface area contributed by atoms with E-state index in [9.17, 15) is 4.79 Å². The summed E-state index contributed by atoms with van der Waals surface area (Å²) in [4.78, 5) is 14.0. The van der Waals surface area contributed by atoms with Crippen LogP contribution in [0.15, 0.2) is 0 Å². The summed E-state index contributed by atoms with van der Waals surface area (Å²) < 4.78 is 16.0. The first-order chi connectivity index (χ1) is 10.3. The predicted octanol–water partition coefficient (Wildman–Crippen LogP) is 1.07. The van der Waals surface area contributed by atoms with Crippen molar-refractivity contribution in [3.05, 3.63) is 0 Å². The van der Waals surface area contributed by atoms with Crippen LogP contribution in [0, 0.1) is 17.8 Å². The monoisotopic (exact) mass is 295 g/mol. The van der Waals surface area contributed by atoms with Gasteiger partial charge in [0, 0.05) is 32.5 Å². The fourth-order valence-electron chi connectivity index (χ4n) is 2.47. The Morgan fingerprint density at radius 1 is 1.33 bits per heavy atom. The molecule has 0 N–H and O–H groups in total. The Hall–Kier alpha value is -1.09. The summed E-state index contributed by atoms with van der Waals surface area (Å²) in [5.41, 5.74) is 0. The smallest absolute Gasteiger partial charge is 0.310 e. The lowest BCUT2D eigenvalue weighted by Gasteiger charge is -2.24. The molecule has 2 atom stereocenters. The molecule has 0 unspecified atom stereocenters. The van der Waals surface area contributed by atoms with E-state index in [0.29, 0.717) is 13.0 Å². The highest BCUT2D eigenvalue weighted by molar-refractivity contribution is 5.75. The van der Waals surface area contributed by atoms with Crippen LogP contribution in [0.25, 0.3) is 0 Å². The summed E-state index contributed by atoms with van der Waals surface area (Å²) in [6, 6.07) is 0. The molecule has 5 heteroatoms. The highest BCUT2D eigenvalue weighted by Crippen LogP contribution is 2.23. The normalized spacial score (nSPS) is 26.2. The van der Waals surface area contributed by atoms with E-state index >= 15 is 0 Å². The Morgan fingerprint density at radius 2 is 2.14 bits per heavy atom. The van der Waals surface area contributed by atoms with Gasteiger partial charge in [-0.2, -0.15) is 0 Å². The fourth-order valence-corrected chi connectivity index (χ4v) is 2.47. The second-order valence-corrected chi connectivity index (χ2v) is 5.51. The molecule has 0 bridgehead atoms.